The van der Waals surface area contributed by atoms with Crippen LogP contribution in [0.2, 0.25) is 5.02 Å². The molecule has 0 bridgehead atoms. The van der Waals surface area contributed by atoms with Gasteiger partial charge >= 0.3 is 0 Å². The first-order valence-electron chi connectivity index (χ1n) is 11.3. The van der Waals surface area contributed by atoms with Gasteiger partial charge in [0.1, 0.15) is 11.6 Å². The number of hydrogen-bond donors (Lipinski definition) is 0. The molecule has 0 radical (unpaired) electrons. The summed E-state index contributed by atoms with van der Waals surface area (Å²) in [6.07, 6.45) is 0. The second-order valence-corrected chi connectivity index (χ2v) is 8.70. The first-order valence-corrected chi connectivity index (χ1v) is 11.6. The fourth-order valence-electron chi connectivity index (χ4n) is 4.27. The van der Waals surface area contributed by atoms with Crippen LogP contribution in [0.4, 0.5) is 15.9 Å². The van der Waals surface area contributed by atoms with Crippen LogP contribution in [-0.2, 0) is 0 Å². The summed E-state index contributed by atoms with van der Waals surface area (Å²) in [5.41, 5.74) is 2.54. The van der Waals surface area contributed by atoms with E-state index >= 15 is 0 Å². The number of fused-ring (bicyclic) bond motifs is 1. The summed E-state index contributed by atoms with van der Waals surface area (Å²) in [6, 6.07) is 21.7. The lowest BCUT2D eigenvalue weighted by Crippen LogP contribution is -2.47. The number of piperazine rings is 1. The highest BCUT2D eigenvalue weighted by Gasteiger charge is 2.23. The lowest BCUT2D eigenvalue weighted by Gasteiger charge is -2.37. The van der Waals surface area contributed by atoms with Crippen molar-refractivity contribution in [2.45, 2.75) is 0 Å². The molecule has 0 amide bonds. The molecule has 0 spiro atoms. The molecule has 35 heavy (non-hydrogen) atoms. The number of aromatic nitrogens is 4. The average Bonchev–Trinajstić information content (AvgIpc) is 3.39. The number of rotatable bonds is 4. The maximum Gasteiger partial charge on any atom is 0.286 e. The highest BCUT2D eigenvalue weighted by molar-refractivity contribution is 6.30. The molecular weight excluding hydrogens is 467 g/mol. The van der Waals surface area contributed by atoms with Gasteiger partial charge in [0.25, 0.3) is 5.89 Å². The lowest BCUT2D eigenvalue weighted by atomic mass is 10.2. The maximum absolute atomic E-state index is 13.3. The van der Waals surface area contributed by atoms with Crippen LogP contribution in [0.1, 0.15) is 0 Å². The van der Waals surface area contributed by atoms with Gasteiger partial charge in [-0.3, -0.25) is 0 Å². The monoisotopic (exact) mass is 486 g/mol. The minimum atomic E-state index is -0.327. The van der Waals surface area contributed by atoms with Crippen LogP contribution in [-0.4, -0.2) is 46.3 Å². The SMILES string of the molecule is Fc1ccc(-c2nnc(-c3nc(N4CCN(c5cccc(Cl)c5)CC4)c4ccccc4n3)o2)cc1. The summed E-state index contributed by atoms with van der Waals surface area (Å²) in [7, 11) is 0. The van der Waals surface area contributed by atoms with Gasteiger partial charge in [0, 0.05) is 47.8 Å². The van der Waals surface area contributed by atoms with E-state index in [4.69, 9.17) is 21.0 Å². The van der Waals surface area contributed by atoms with Crippen molar-refractivity contribution < 1.29 is 8.81 Å². The zero-order valence-electron chi connectivity index (χ0n) is 18.6. The molecule has 9 heteroatoms. The second-order valence-electron chi connectivity index (χ2n) is 8.26. The molecule has 2 aromatic heterocycles. The van der Waals surface area contributed by atoms with Crippen LogP contribution in [0.3, 0.4) is 0 Å². The molecular formula is C26H20ClFN6O. The van der Waals surface area contributed by atoms with E-state index in [0.717, 1.165) is 53.6 Å². The highest BCUT2D eigenvalue weighted by atomic mass is 35.5. The molecule has 0 unspecified atom stereocenters. The number of para-hydroxylation sites is 1. The fraction of sp³-hybridized carbons (Fsp3) is 0.154. The minimum absolute atomic E-state index is 0.217. The Labute approximate surface area is 205 Å². The zero-order valence-corrected chi connectivity index (χ0v) is 19.4. The third-order valence-corrected chi connectivity index (χ3v) is 6.28. The van der Waals surface area contributed by atoms with Crippen LogP contribution < -0.4 is 9.80 Å². The summed E-state index contributed by atoms with van der Waals surface area (Å²) in [5.74, 6) is 1.36. The Morgan fingerprint density at radius 2 is 1.51 bits per heavy atom. The molecule has 0 atom stereocenters. The first kappa shape index (κ1) is 21.5. The van der Waals surface area contributed by atoms with Crippen molar-refractivity contribution in [2.75, 3.05) is 36.0 Å². The lowest BCUT2D eigenvalue weighted by molar-refractivity contribution is 0.578. The summed E-state index contributed by atoms with van der Waals surface area (Å²) < 4.78 is 19.1. The van der Waals surface area contributed by atoms with Crippen LogP contribution in [0.5, 0.6) is 0 Å². The largest absolute Gasteiger partial charge is 0.413 e. The van der Waals surface area contributed by atoms with Crippen molar-refractivity contribution in [1.82, 2.24) is 20.2 Å². The van der Waals surface area contributed by atoms with E-state index in [2.05, 4.69) is 31.0 Å². The Kier molecular flexibility index (Phi) is 5.50. The van der Waals surface area contributed by atoms with Crippen molar-refractivity contribution in [3.63, 3.8) is 0 Å². The minimum Gasteiger partial charge on any atom is -0.413 e. The van der Waals surface area contributed by atoms with Crippen molar-refractivity contribution in [1.29, 1.82) is 0 Å². The predicted octanol–water partition coefficient (Wildman–Crippen LogP) is 5.47. The molecule has 7 nitrogen and oxygen atoms in total. The highest BCUT2D eigenvalue weighted by Crippen LogP contribution is 2.30. The smallest absolute Gasteiger partial charge is 0.286 e. The van der Waals surface area contributed by atoms with Gasteiger partial charge in [0.05, 0.1) is 5.52 Å². The number of anilines is 2. The Balaban J connectivity index is 1.31. The quantitative estimate of drug-likeness (QED) is 0.333. The van der Waals surface area contributed by atoms with Gasteiger partial charge in [-0.25, -0.2) is 14.4 Å². The second kappa shape index (κ2) is 8.96. The van der Waals surface area contributed by atoms with Gasteiger partial charge < -0.3 is 14.2 Å². The summed E-state index contributed by atoms with van der Waals surface area (Å²) in [6.45, 7) is 3.25. The molecule has 6 rings (SSSR count). The van der Waals surface area contributed by atoms with Gasteiger partial charge in [0.2, 0.25) is 11.7 Å². The molecule has 174 valence electrons. The Morgan fingerprint density at radius 1 is 0.771 bits per heavy atom. The van der Waals surface area contributed by atoms with Crippen molar-refractivity contribution >= 4 is 34.0 Å². The van der Waals surface area contributed by atoms with E-state index in [-0.39, 0.29) is 17.6 Å². The van der Waals surface area contributed by atoms with Gasteiger partial charge in [-0.2, -0.15) is 0 Å². The Hall–Kier alpha value is -4.04. The third kappa shape index (κ3) is 4.28. The number of nitrogens with zero attached hydrogens (tertiary/aromatic N) is 6. The molecule has 1 fully saturated rings. The number of benzene rings is 3. The van der Waals surface area contributed by atoms with Gasteiger partial charge in [-0.1, -0.05) is 29.8 Å². The van der Waals surface area contributed by atoms with Gasteiger partial charge in [-0.15, -0.1) is 10.2 Å². The zero-order chi connectivity index (χ0) is 23.8. The summed E-state index contributed by atoms with van der Waals surface area (Å²) in [5, 5.41) is 9.97. The number of halogens is 2. The van der Waals surface area contributed by atoms with Gasteiger partial charge in [0.15, 0.2) is 0 Å². The van der Waals surface area contributed by atoms with Crippen LogP contribution in [0, 0.1) is 5.82 Å². The predicted molar refractivity (Wildman–Crippen MR) is 134 cm³/mol. The topological polar surface area (TPSA) is 71.2 Å². The maximum atomic E-state index is 13.3. The van der Waals surface area contributed by atoms with E-state index in [1.54, 1.807) is 12.1 Å². The van der Waals surface area contributed by atoms with Crippen LogP contribution in [0.25, 0.3) is 34.1 Å². The Morgan fingerprint density at radius 3 is 2.31 bits per heavy atom. The van der Waals surface area contributed by atoms with E-state index in [0.29, 0.717) is 11.4 Å². The number of hydrogen-bond acceptors (Lipinski definition) is 7. The van der Waals surface area contributed by atoms with Crippen molar-refractivity contribution in [3.8, 4) is 23.2 Å². The molecule has 3 aromatic carbocycles. The standard InChI is InChI=1S/C26H20ClFN6O/c27-18-4-3-5-20(16-18)33-12-14-34(15-13-33)24-21-6-1-2-7-22(21)29-23(30-24)26-32-31-25(35-26)17-8-10-19(28)11-9-17/h1-11,16H,12-15H2. The van der Waals surface area contributed by atoms with E-state index in [1.165, 1.54) is 12.1 Å². The van der Waals surface area contributed by atoms with E-state index in [1.807, 2.05) is 42.5 Å². The van der Waals surface area contributed by atoms with Gasteiger partial charge in [-0.05, 0) is 54.6 Å². The van der Waals surface area contributed by atoms with Crippen molar-refractivity contribution in [3.05, 3.63) is 83.6 Å². The van der Waals surface area contributed by atoms with Crippen LogP contribution in [0.15, 0.2) is 77.2 Å². The van der Waals surface area contributed by atoms with Crippen molar-refractivity contribution in [2.24, 2.45) is 0 Å². The normalized spacial score (nSPS) is 14.0. The summed E-state index contributed by atoms with van der Waals surface area (Å²) in [4.78, 5) is 14.1. The molecule has 1 aliphatic heterocycles. The summed E-state index contributed by atoms with van der Waals surface area (Å²) >= 11 is 6.19. The van der Waals surface area contributed by atoms with E-state index in [9.17, 15) is 4.39 Å². The average molecular weight is 487 g/mol. The fourth-order valence-corrected chi connectivity index (χ4v) is 4.45. The Bertz CT molecular complexity index is 1500. The first-order chi connectivity index (χ1) is 17.1. The molecule has 1 saturated heterocycles. The molecule has 1 aliphatic rings. The molecule has 3 heterocycles. The molecule has 5 aromatic rings. The van der Waals surface area contributed by atoms with E-state index < -0.39 is 0 Å². The molecule has 0 aliphatic carbocycles. The molecule has 0 saturated carbocycles. The molecule has 0 N–H and O–H groups in total. The van der Waals surface area contributed by atoms with Crippen LogP contribution >= 0.6 is 11.6 Å². The third-order valence-electron chi connectivity index (χ3n) is 6.04.